The number of rotatable bonds is 5. The van der Waals surface area contributed by atoms with Gasteiger partial charge < -0.3 is 14.5 Å². The number of hydrogen-bond donors (Lipinski definition) is 0. The van der Waals surface area contributed by atoms with E-state index in [1.807, 2.05) is 4.90 Å². The summed E-state index contributed by atoms with van der Waals surface area (Å²) in [5, 5.41) is 0. The summed E-state index contributed by atoms with van der Waals surface area (Å²) in [6.45, 7) is 1.71. The topological polar surface area (TPSA) is 45.7 Å². The Bertz CT molecular complexity index is 743. The van der Waals surface area contributed by atoms with E-state index in [2.05, 4.69) is 48.2 Å². The smallest absolute Gasteiger partial charge is 0.254 e. The first-order valence-corrected chi connectivity index (χ1v) is 9.13. The van der Waals surface area contributed by atoms with Crippen LogP contribution >= 0.6 is 0 Å². The van der Waals surface area contributed by atoms with Crippen molar-refractivity contribution in [1.29, 1.82) is 0 Å². The van der Waals surface area contributed by atoms with Crippen LogP contribution in [0.5, 0.6) is 5.88 Å². The number of benzene rings is 1. The van der Waals surface area contributed by atoms with Gasteiger partial charge in [-0.25, -0.2) is 4.98 Å². The normalized spacial score (nSPS) is 17.4. The van der Waals surface area contributed by atoms with Crippen molar-refractivity contribution in [3.63, 3.8) is 0 Å². The van der Waals surface area contributed by atoms with Crippen LogP contribution in [0, 0.1) is 0 Å². The third-order valence-corrected chi connectivity index (χ3v) is 4.82. The van der Waals surface area contributed by atoms with Gasteiger partial charge in [-0.2, -0.15) is 0 Å². The first-order chi connectivity index (χ1) is 12.6. The van der Waals surface area contributed by atoms with Gasteiger partial charge in [0.2, 0.25) is 5.88 Å². The zero-order valence-electron chi connectivity index (χ0n) is 15.8. The Hall–Kier alpha value is -2.40. The number of likely N-dealkylation sites (tertiary alicyclic amines) is 1. The summed E-state index contributed by atoms with van der Waals surface area (Å²) in [6.07, 6.45) is 4.82. The van der Waals surface area contributed by atoms with Crippen LogP contribution in [0.2, 0.25) is 0 Å². The van der Waals surface area contributed by atoms with Crippen molar-refractivity contribution in [2.75, 3.05) is 27.7 Å². The Labute approximate surface area is 155 Å². The molecule has 1 atom stereocenters. The van der Waals surface area contributed by atoms with E-state index in [1.165, 1.54) is 11.1 Å². The Balaban J connectivity index is 1.82. The van der Waals surface area contributed by atoms with Gasteiger partial charge in [-0.15, -0.1) is 0 Å². The summed E-state index contributed by atoms with van der Waals surface area (Å²) in [5.74, 6) is 0.519. The van der Waals surface area contributed by atoms with Gasteiger partial charge in [0, 0.05) is 30.9 Å². The monoisotopic (exact) mass is 353 g/mol. The summed E-state index contributed by atoms with van der Waals surface area (Å²) in [7, 11) is 5.70. The van der Waals surface area contributed by atoms with Crippen LogP contribution in [-0.4, -0.2) is 48.4 Å². The molecule has 0 aliphatic carbocycles. The molecule has 5 nitrogen and oxygen atoms in total. The average Bonchev–Trinajstić information content (AvgIpc) is 2.67. The molecule has 1 saturated heterocycles. The lowest BCUT2D eigenvalue weighted by molar-refractivity contribution is 0.0611. The predicted molar refractivity (Wildman–Crippen MR) is 102 cm³/mol. The van der Waals surface area contributed by atoms with Crippen LogP contribution in [0.25, 0.3) is 0 Å². The number of methoxy groups -OCH3 is 1. The number of amides is 1. The Morgan fingerprint density at radius 3 is 2.69 bits per heavy atom. The largest absolute Gasteiger partial charge is 0.481 e. The summed E-state index contributed by atoms with van der Waals surface area (Å²) in [4.78, 5) is 21.4. The van der Waals surface area contributed by atoms with Crippen LogP contribution in [-0.2, 0) is 6.54 Å². The van der Waals surface area contributed by atoms with Gasteiger partial charge >= 0.3 is 0 Å². The fourth-order valence-electron chi connectivity index (χ4n) is 3.55. The summed E-state index contributed by atoms with van der Waals surface area (Å²) >= 11 is 0. The van der Waals surface area contributed by atoms with Crippen LogP contribution in [0.1, 0.15) is 46.8 Å². The second-order valence-electron chi connectivity index (χ2n) is 7.08. The Morgan fingerprint density at radius 1 is 1.23 bits per heavy atom. The fourth-order valence-corrected chi connectivity index (χ4v) is 3.55. The van der Waals surface area contributed by atoms with Crippen molar-refractivity contribution < 1.29 is 9.53 Å². The van der Waals surface area contributed by atoms with E-state index in [9.17, 15) is 4.79 Å². The van der Waals surface area contributed by atoms with Crippen molar-refractivity contribution in [2.24, 2.45) is 0 Å². The van der Waals surface area contributed by atoms with Crippen molar-refractivity contribution in [3.8, 4) is 5.88 Å². The Morgan fingerprint density at radius 2 is 2.00 bits per heavy atom. The van der Waals surface area contributed by atoms with E-state index in [1.54, 1.807) is 25.4 Å². The van der Waals surface area contributed by atoms with Gasteiger partial charge in [0.15, 0.2) is 0 Å². The highest BCUT2D eigenvalue weighted by Gasteiger charge is 2.28. The molecule has 0 N–H and O–H groups in total. The minimum Gasteiger partial charge on any atom is -0.481 e. The number of hydrogen-bond acceptors (Lipinski definition) is 4. The van der Waals surface area contributed by atoms with Crippen molar-refractivity contribution in [1.82, 2.24) is 14.8 Å². The zero-order chi connectivity index (χ0) is 18.5. The molecule has 1 fully saturated rings. The molecule has 5 heteroatoms. The lowest BCUT2D eigenvalue weighted by Crippen LogP contribution is -2.38. The molecule has 1 aliphatic rings. The molecule has 0 radical (unpaired) electrons. The van der Waals surface area contributed by atoms with Crippen molar-refractivity contribution >= 4 is 5.91 Å². The Kier molecular flexibility index (Phi) is 5.89. The maximum absolute atomic E-state index is 13.1. The first-order valence-electron chi connectivity index (χ1n) is 9.13. The zero-order valence-corrected chi connectivity index (χ0v) is 15.8. The lowest BCUT2D eigenvalue weighted by Gasteiger charge is -2.36. The van der Waals surface area contributed by atoms with E-state index < -0.39 is 0 Å². The highest BCUT2D eigenvalue weighted by Crippen LogP contribution is 2.32. The second-order valence-corrected chi connectivity index (χ2v) is 7.08. The number of ether oxygens (including phenoxy) is 1. The molecule has 1 unspecified atom stereocenters. The highest BCUT2D eigenvalue weighted by molar-refractivity contribution is 5.94. The summed E-state index contributed by atoms with van der Waals surface area (Å²) < 4.78 is 5.16. The van der Waals surface area contributed by atoms with Crippen molar-refractivity contribution in [2.45, 2.75) is 31.8 Å². The molecule has 0 spiro atoms. The SMILES string of the molecule is COc1cc(C(=O)N2CCCCC2c2ccc(CN(C)C)cc2)ccn1. The number of piperidine rings is 1. The molecule has 1 aliphatic heterocycles. The second kappa shape index (κ2) is 8.32. The minimum absolute atomic E-state index is 0.0489. The van der Waals surface area contributed by atoms with Crippen LogP contribution in [0.4, 0.5) is 0 Å². The third kappa shape index (κ3) is 4.22. The molecule has 138 valence electrons. The highest BCUT2D eigenvalue weighted by atomic mass is 16.5. The quantitative estimate of drug-likeness (QED) is 0.825. The molecule has 3 rings (SSSR count). The van der Waals surface area contributed by atoms with E-state index >= 15 is 0 Å². The number of carbonyl (C=O) groups is 1. The molecule has 26 heavy (non-hydrogen) atoms. The van der Waals surface area contributed by atoms with E-state index in [0.717, 1.165) is 32.4 Å². The third-order valence-electron chi connectivity index (χ3n) is 4.82. The average molecular weight is 353 g/mol. The van der Waals surface area contributed by atoms with E-state index in [4.69, 9.17) is 4.74 Å². The predicted octanol–water partition coefficient (Wildman–Crippen LogP) is 3.52. The van der Waals surface area contributed by atoms with Crippen LogP contribution in [0.3, 0.4) is 0 Å². The summed E-state index contributed by atoms with van der Waals surface area (Å²) in [6, 6.07) is 12.3. The van der Waals surface area contributed by atoms with Gasteiger partial charge in [-0.3, -0.25) is 4.79 Å². The molecular formula is C21H27N3O2. The maximum Gasteiger partial charge on any atom is 0.254 e. The van der Waals surface area contributed by atoms with Gasteiger partial charge in [0.1, 0.15) is 0 Å². The number of pyridine rings is 1. The molecule has 2 heterocycles. The van der Waals surface area contributed by atoms with Crippen molar-refractivity contribution in [3.05, 3.63) is 59.3 Å². The lowest BCUT2D eigenvalue weighted by atomic mass is 9.94. The van der Waals surface area contributed by atoms with Crippen LogP contribution < -0.4 is 4.74 Å². The molecule has 2 aromatic rings. The van der Waals surface area contributed by atoms with Gasteiger partial charge in [-0.05, 0) is 50.6 Å². The first kappa shape index (κ1) is 18.4. The van der Waals surface area contributed by atoms with Gasteiger partial charge in [-0.1, -0.05) is 24.3 Å². The molecule has 1 aromatic heterocycles. The number of carbonyl (C=O) groups excluding carboxylic acids is 1. The van der Waals surface area contributed by atoms with Crippen LogP contribution in [0.15, 0.2) is 42.6 Å². The van der Waals surface area contributed by atoms with Gasteiger partial charge in [0.25, 0.3) is 5.91 Å². The van der Waals surface area contributed by atoms with Gasteiger partial charge in [0.05, 0.1) is 13.2 Å². The molecule has 1 amide bonds. The standard InChI is InChI=1S/C21H27N3O2/c1-23(2)15-16-7-9-17(10-8-16)19-6-4-5-13-24(19)21(25)18-11-12-22-20(14-18)26-3/h7-12,14,19H,4-6,13,15H2,1-3H3. The molecular weight excluding hydrogens is 326 g/mol. The fraction of sp³-hybridized carbons (Fsp3) is 0.429. The van der Waals surface area contributed by atoms with E-state index in [0.29, 0.717) is 11.4 Å². The molecule has 0 bridgehead atoms. The number of nitrogens with zero attached hydrogens (tertiary/aromatic N) is 3. The van der Waals surface area contributed by atoms with E-state index in [-0.39, 0.29) is 11.9 Å². The molecule has 0 saturated carbocycles. The summed E-state index contributed by atoms with van der Waals surface area (Å²) in [5.41, 5.74) is 3.13. The molecule has 1 aromatic carbocycles. The number of aromatic nitrogens is 1. The minimum atomic E-state index is 0.0489. The maximum atomic E-state index is 13.1.